The Balaban J connectivity index is 0.00000137. The molecule has 3 unspecified atom stereocenters. The highest BCUT2D eigenvalue weighted by Crippen LogP contribution is 2.39. The Kier molecular flexibility index (Phi) is 8.06. The summed E-state index contributed by atoms with van der Waals surface area (Å²) in [6, 6.07) is 10.1. The van der Waals surface area contributed by atoms with Crippen LogP contribution in [-0.2, 0) is 12.8 Å². The summed E-state index contributed by atoms with van der Waals surface area (Å²) in [6.45, 7) is 12.6. The molecule has 3 aliphatic rings. The molecule has 2 aromatic heterocycles. The van der Waals surface area contributed by atoms with Crippen LogP contribution in [0, 0.1) is 23.6 Å². The molecule has 0 aliphatic carbocycles. The molecule has 3 aromatic rings. The van der Waals surface area contributed by atoms with Crippen molar-refractivity contribution in [3.8, 4) is 11.3 Å². The van der Waals surface area contributed by atoms with Gasteiger partial charge in [-0.15, -0.1) is 0 Å². The number of anilines is 1. The van der Waals surface area contributed by atoms with Gasteiger partial charge in [0, 0.05) is 48.2 Å². The van der Waals surface area contributed by atoms with Gasteiger partial charge < -0.3 is 15.1 Å². The molecule has 0 radical (unpaired) electrons. The van der Waals surface area contributed by atoms with Crippen molar-refractivity contribution in [2.75, 3.05) is 51.2 Å². The molecule has 1 aromatic carbocycles. The molecule has 0 amide bonds. The van der Waals surface area contributed by atoms with Crippen LogP contribution in [0.1, 0.15) is 44.9 Å². The zero-order valence-electron chi connectivity index (χ0n) is 22.9. The number of aryl methyl sites for hydroxylation is 1. The molecule has 0 bridgehead atoms. The van der Waals surface area contributed by atoms with Gasteiger partial charge in [-0.25, -0.2) is 9.37 Å². The van der Waals surface area contributed by atoms with Gasteiger partial charge in [0.1, 0.15) is 5.82 Å². The number of hydrogen-bond acceptors (Lipinski definition) is 5. The maximum atomic E-state index is 14.9. The first kappa shape index (κ1) is 26.1. The Morgan fingerprint density at radius 3 is 2.62 bits per heavy atom. The molecular formula is C31H42FN5. The first-order valence-electron chi connectivity index (χ1n) is 14.3. The van der Waals surface area contributed by atoms with Crippen molar-refractivity contribution in [1.29, 1.82) is 0 Å². The predicted molar refractivity (Wildman–Crippen MR) is 152 cm³/mol. The van der Waals surface area contributed by atoms with Crippen LogP contribution in [0.2, 0.25) is 0 Å². The van der Waals surface area contributed by atoms with Crippen LogP contribution >= 0.6 is 0 Å². The van der Waals surface area contributed by atoms with Gasteiger partial charge in [-0.3, -0.25) is 4.98 Å². The van der Waals surface area contributed by atoms with Gasteiger partial charge >= 0.3 is 0 Å². The third-order valence-corrected chi connectivity index (χ3v) is 8.46. The Hall–Kier alpha value is -2.57. The van der Waals surface area contributed by atoms with E-state index in [2.05, 4.69) is 40.4 Å². The van der Waals surface area contributed by atoms with E-state index >= 15 is 0 Å². The van der Waals surface area contributed by atoms with Crippen LogP contribution in [0.4, 0.5) is 10.1 Å². The van der Waals surface area contributed by atoms with Crippen molar-refractivity contribution in [3.05, 3.63) is 53.6 Å². The van der Waals surface area contributed by atoms with Crippen molar-refractivity contribution >= 4 is 16.6 Å². The average Bonchev–Trinajstić information content (AvgIpc) is 3.59. The van der Waals surface area contributed by atoms with E-state index in [0.29, 0.717) is 24.2 Å². The van der Waals surface area contributed by atoms with E-state index in [1.54, 1.807) is 6.07 Å². The minimum Gasteiger partial charge on any atom is -0.370 e. The van der Waals surface area contributed by atoms with Crippen LogP contribution in [0.5, 0.6) is 0 Å². The Bertz CT molecular complexity index is 1200. The number of nitrogens with one attached hydrogen (secondary N) is 1. The molecule has 3 fully saturated rings. The summed E-state index contributed by atoms with van der Waals surface area (Å²) in [6.07, 6.45) is 6.12. The van der Waals surface area contributed by atoms with Crippen molar-refractivity contribution in [2.45, 2.75) is 46.5 Å². The Morgan fingerprint density at radius 1 is 1.05 bits per heavy atom. The number of fused-ring (bicyclic) bond motifs is 2. The average molecular weight is 504 g/mol. The molecule has 6 heteroatoms. The lowest BCUT2D eigenvalue weighted by atomic mass is 9.89. The van der Waals surface area contributed by atoms with Gasteiger partial charge in [-0.1, -0.05) is 20.8 Å². The van der Waals surface area contributed by atoms with Crippen molar-refractivity contribution in [3.63, 3.8) is 0 Å². The lowest BCUT2D eigenvalue weighted by Gasteiger charge is -2.31. The van der Waals surface area contributed by atoms with Gasteiger partial charge in [0.25, 0.3) is 0 Å². The van der Waals surface area contributed by atoms with E-state index in [1.165, 1.54) is 19.4 Å². The minimum atomic E-state index is -0.125. The van der Waals surface area contributed by atoms with E-state index in [1.807, 2.05) is 33.0 Å². The second-order valence-electron chi connectivity index (χ2n) is 10.9. The second kappa shape index (κ2) is 11.4. The first-order chi connectivity index (χ1) is 18.1. The maximum absolute atomic E-state index is 14.9. The summed E-state index contributed by atoms with van der Waals surface area (Å²) >= 11 is 0. The quantitative estimate of drug-likeness (QED) is 0.494. The van der Waals surface area contributed by atoms with Crippen LogP contribution in [-0.4, -0.2) is 61.2 Å². The van der Waals surface area contributed by atoms with Gasteiger partial charge in [-0.05, 0) is 106 Å². The smallest absolute Gasteiger partial charge is 0.127 e. The molecule has 3 saturated heterocycles. The summed E-state index contributed by atoms with van der Waals surface area (Å²) in [5.41, 5.74) is 5.82. The summed E-state index contributed by atoms with van der Waals surface area (Å²) in [7, 11) is 2.22. The van der Waals surface area contributed by atoms with Crippen LogP contribution in [0.3, 0.4) is 0 Å². The zero-order valence-corrected chi connectivity index (χ0v) is 22.9. The van der Waals surface area contributed by atoms with E-state index in [-0.39, 0.29) is 5.82 Å². The molecule has 0 saturated carbocycles. The standard InChI is InChI=1S/C29H36FN5.C2H6/c1-3-20-11-28-25(12-26(20)30)29(35-17-22-7-9-34(2)16-23(22)18-35)13-27(33-28)21-4-5-24(32-15-21)10-19-6-8-31-14-19;1-2/h4-5,11-13,15,19,22-23,31H,3,6-10,14,16-18H2,1-2H3;1-2H3. The first-order valence-corrected chi connectivity index (χ1v) is 14.3. The SMILES string of the molecule is CC.CCc1cc2nc(-c3ccc(CC4CCNC4)nc3)cc(N3CC4CCN(C)CC4C3)c2cc1F. The number of piperidine rings is 1. The maximum Gasteiger partial charge on any atom is 0.127 e. The lowest BCUT2D eigenvalue weighted by molar-refractivity contribution is 0.178. The fourth-order valence-corrected chi connectivity index (χ4v) is 6.38. The largest absolute Gasteiger partial charge is 0.370 e. The predicted octanol–water partition coefficient (Wildman–Crippen LogP) is 5.56. The number of likely N-dealkylation sites (tertiary alicyclic amines) is 1. The Labute approximate surface area is 221 Å². The third kappa shape index (κ3) is 5.51. The highest BCUT2D eigenvalue weighted by Gasteiger charge is 2.37. The van der Waals surface area contributed by atoms with Gasteiger partial charge in [0.2, 0.25) is 0 Å². The number of rotatable bonds is 5. The van der Waals surface area contributed by atoms with Crippen molar-refractivity contribution in [1.82, 2.24) is 20.2 Å². The number of pyridine rings is 2. The van der Waals surface area contributed by atoms with E-state index < -0.39 is 0 Å². The summed E-state index contributed by atoms with van der Waals surface area (Å²) in [5, 5.41) is 4.37. The second-order valence-corrected chi connectivity index (χ2v) is 10.9. The highest BCUT2D eigenvalue weighted by atomic mass is 19.1. The molecule has 3 aliphatic heterocycles. The van der Waals surface area contributed by atoms with Gasteiger partial charge in [0.15, 0.2) is 0 Å². The van der Waals surface area contributed by atoms with Crippen molar-refractivity contribution in [2.24, 2.45) is 17.8 Å². The van der Waals surface area contributed by atoms with Crippen LogP contribution in [0.15, 0.2) is 36.5 Å². The lowest BCUT2D eigenvalue weighted by Crippen LogP contribution is -2.37. The number of hydrogen-bond donors (Lipinski definition) is 1. The van der Waals surface area contributed by atoms with Crippen molar-refractivity contribution < 1.29 is 4.39 Å². The minimum absolute atomic E-state index is 0.125. The monoisotopic (exact) mass is 503 g/mol. The van der Waals surface area contributed by atoms with Crippen LogP contribution in [0.25, 0.3) is 22.2 Å². The van der Waals surface area contributed by atoms with Gasteiger partial charge in [-0.2, -0.15) is 0 Å². The molecule has 37 heavy (non-hydrogen) atoms. The molecule has 1 N–H and O–H groups in total. The normalized spacial score (nSPS) is 23.7. The Morgan fingerprint density at radius 2 is 1.89 bits per heavy atom. The summed E-state index contributed by atoms with van der Waals surface area (Å²) in [4.78, 5) is 14.7. The number of halogens is 1. The summed E-state index contributed by atoms with van der Waals surface area (Å²) < 4.78 is 14.9. The molecule has 5 heterocycles. The molecule has 5 nitrogen and oxygen atoms in total. The molecular weight excluding hydrogens is 461 g/mol. The number of benzene rings is 1. The third-order valence-electron chi connectivity index (χ3n) is 8.46. The zero-order chi connectivity index (χ0) is 25.9. The number of aromatic nitrogens is 2. The fourth-order valence-electron chi connectivity index (χ4n) is 6.38. The topological polar surface area (TPSA) is 44.3 Å². The molecule has 0 spiro atoms. The fraction of sp³-hybridized carbons (Fsp3) is 0.548. The number of nitrogens with zero attached hydrogens (tertiary/aromatic N) is 4. The highest BCUT2D eigenvalue weighted by molar-refractivity contribution is 5.95. The van der Waals surface area contributed by atoms with E-state index in [4.69, 9.17) is 9.97 Å². The molecule has 3 atom stereocenters. The molecule has 6 rings (SSSR count). The van der Waals surface area contributed by atoms with Crippen LogP contribution < -0.4 is 10.2 Å². The summed E-state index contributed by atoms with van der Waals surface area (Å²) in [5.74, 6) is 1.94. The van der Waals surface area contributed by atoms with E-state index in [0.717, 1.165) is 78.2 Å². The van der Waals surface area contributed by atoms with Gasteiger partial charge in [0.05, 0.1) is 11.2 Å². The van der Waals surface area contributed by atoms with E-state index in [9.17, 15) is 4.39 Å². The molecule has 198 valence electrons.